The van der Waals surface area contributed by atoms with Crippen LogP contribution in [0.3, 0.4) is 0 Å². The Bertz CT molecular complexity index is 482. The first kappa shape index (κ1) is 12.6. The van der Waals surface area contributed by atoms with Gasteiger partial charge in [0.25, 0.3) is 0 Å². The number of sulfonamides is 1. The fourth-order valence-electron chi connectivity index (χ4n) is 2.38. The molecule has 94 valence electrons. The van der Waals surface area contributed by atoms with E-state index in [-0.39, 0.29) is 11.8 Å². The molecular formula is C13H19NO2S. The second-order valence-electron chi connectivity index (χ2n) is 4.65. The molecule has 0 saturated heterocycles. The largest absolute Gasteiger partial charge is 0.212 e. The van der Waals surface area contributed by atoms with Crippen molar-refractivity contribution in [2.45, 2.75) is 38.6 Å². The van der Waals surface area contributed by atoms with E-state index in [0.717, 1.165) is 19.3 Å². The second-order valence-corrected chi connectivity index (χ2v) is 6.52. The predicted octanol–water partition coefficient (Wildman–Crippen LogP) is 1.87. The Morgan fingerprint density at radius 1 is 1.29 bits per heavy atom. The summed E-state index contributed by atoms with van der Waals surface area (Å²) in [6, 6.07) is 8.35. The summed E-state index contributed by atoms with van der Waals surface area (Å²) in [7, 11) is -3.08. The molecule has 0 bridgehead atoms. The molecule has 2 rings (SSSR count). The zero-order valence-corrected chi connectivity index (χ0v) is 11.0. The van der Waals surface area contributed by atoms with Crippen LogP contribution in [0.25, 0.3) is 0 Å². The van der Waals surface area contributed by atoms with Crippen LogP contribution in [-0.4, -0.2) is 20.2 Å². The fourth-order valence-corrected chi connectivity index (χ4v) is 3.74. The Morgan fingerprint density at radius 2 is 2.00 bits per heavy atom. The van der Waals surface area contributed by atoms with Gasteiger partial charge in [0.05, 0.1) is 5.75 Å². The first-order valence-electron chi connectivity index (χ1n) is 6.17. The van der Waals surface area contributed by atoms with Gasteiger partial charge in [0.1, 0.15) is 0 Å². The van der Waals surface area contributed by atoms with E-state index in [1.165, 1.54) is 11.1 Å². The lowest BCUT2D eigenvalue weighted by Crippen LogP contribution is -2.39. The van der Waals surface area contributed by atoms with E-state index in [1.807, 2.05) is 19.1 Å². The lowest BCUT2D eigenvalue weighted by atomic mass is 9.89. The fraction of sp³-hybridized carbons (Fsp3) is 0.538. The summed E-state index contributed by atoms with van der Waals surface area (Å²) in [5.41, 5.74) is 2.64. The monoisotopic (exact) mass is 253 g/mol. The molecule has 3 nitrogen and oxygen atoms in total. The molecule has 4 heteroatoms. The highest BCUT2D eigenvalue weighted by Gasteiger charge is 2.22. The van der Waals surface area contributed by atoms with Crippen LogP contribution < -0.4 is 4.72 Å². The summed E-state index contributed by atoms with van der Waals surface area (Å²) >= 11 is 0. The van der Waals surface area contributed by atoms with Crippen LogP contribution in [0.5, 0.6) is 0 Å². The van der Waals surface area contributed by atoms with Crippen LogP contribution in [-0.2, 0) is 22.9 Å². The Kier molecular flexibility index (Phi) is 3.84. The van der Waals surface area contributed by atoms with Crippen LogP contribution in [0.15, 0.2) is 24.3 Å². The van der Waals surface area contributed by atoms with Crippen molar-refractivity contribution in [1.82, 2.24) is 4.72 Å². The van der Waals surface area contributed by atoms with Gasteiger partial charge in [-0.25, -0.2) is 13.1 Å². The van der Waals surface area contributed by atoms with Gasteiger partial charge in [-0.2, -0.15) is 0 Å². The van der Waals surface area contributed by atoms with Gasteiger partial charge >= 0.3 is 0 Å². The summed E-state index contributed by atoms with van der Waals surface area (Å²) in [5, 5.41) is 0. The molecule has 1 unspecified atom stereocenters. The smallest absolute Gasteiger partial charge is 0.211 e. The molecule has 1 aromatic rings. The highest BCUT2D eigenvalue weighted by Crippen LogP contribution is 2.21. The molecule has 0 aromatic heterocycles. The van der Waals surface area contributed by atoms with Gasteiger partial charge in [0, 0.05) is 6.04 Å². The van der Waals surface area contributed by atoms with Crippen molar-refractivity contribution in [1.29, 1.82) is 0 Å². The van der Waals surface area contributed by atoms with Crippen molar-refractivity contribution in [3.63, 3.8) is 0 Å². The quantitative estimate of drug-likeness (QED) is 0.890. The summed E-state index contributed by atoms with van der Waals surface area (Å²) < 4.78 is 26.2. The van der Waals surface area contributed by atoms with E-state index in [2.05, 4.69) is 16.9 Å². The zero-order chi connectivity index (χ0) is 12.3. The van der Waals surface area contributed by atoms with E-state index in [4.69, 9.17) is 0 Å². The standard InChI is InChI=1S/C13H19NO2S/c1-2-9-17(15,16)14-13-8-7-11-5-3-4-6-12(11)10-13/h3-6,13-14H,2,7-10H2,1H3. The van der Waals surface area contributed by atoms with Crippen molar-refractivity contribution in [2.75, 3.05) is 5.75 Å². The highest BCUT2D eigenvalue weighted by molar-refractivity contribution is 7.89. The molecule has 1 N–H and O–H groups in total. The minimum atomic E-state index is -3.08. The van der Waals surface area contributed by atoms with Crippen molar-refractivity contribution < 1.29 is 8.42 Å². The highest BCUT2D eigenvalue weighted by atomic mass is 32.2. The maximum Gasteiger partial charge on any atom is 0.211 e. The number of hydrogen-bond donors (Lipinski definition) is 1. The minimum absolute atomic E-state index is 0.0708. The van der Waals surface area contributed by atoms with Gasteiger partial charge in [-0.15, -0.1) is 0 Å². The van der Waals surface area contributed by atoms with E-state index < -0.39 is 10.0 Å². The molecule has 0 heterocycles. The molecule has 0 aliphatic heterocycles. The van der Waals surface area contributed by atoms with Gasteiger partial charge in [-0.05, 0) is 36.8 Å². The number of rotatable bonds is 4. The maximum absolute atomic E-state index is 11.7. The van der Waals surface area contributed by atoms with Crippen LogP contribution in [0.4, 0.5) is 0 Å². The molecule has 0 saturated carbocycles. The summed E-state index contributed by atoms with van der Waals surface area (Å²) in [5.74, 6) is 0.227. The Labute approximate surface area is 103 Å². The molecule has 0 amide bonds. The third-order valence-electron chi connectivity index (χ3n) is 3.17. The Hall–Kier alpha value is -0.870. The van der Waals surface area contributed by atoms with E-state index in [0.29, 0.717) is 6.42 Å². The molecule has 1 aliphatic rings. The SMILES string of the molecule is CCCS(=O)(=O)NC1CCc2ccccc2C1. The Balaban J connectivity index is 2.04. The maximum atomic E-state index is 11.7. The normalized spacial score (nSPS) is 19.9. The average Bonchev–Trinajstić information content (AvgIpc) is 2.28. The topological polar surface area (TPSA) is 46.2 Å². The predicted molar refractivity (Wildman–Crippen MR) is 69.5 cm³/mol. The first-order valence-corrected chi connectivity index (χ1v) is 7.83. The third kappa shape index (κ3) is 3.30. The number of hydrogen-bond acceptors (Lipinski definition) is 2. The van der Waals surface area contributed by atoms with Crippen molar-refractivity contribution in [3.05, 3.63) is 35.4 Å². The van der Waals surface area contributed by atoms with Gasteiger partial charge < -0.3 is 0 Å². The van der Waals surface area contributed by atoms with E-state index >= 15 is 0 Å². The van der Waals surface area contributed by atoms with Gasteiger partial charge in [-0.1, -0.05) is 31.2 Å². The van der Waals surface area contributed by atoms with Crippen molar-refractivity contribution >= 4 is 10.0 Å². The lowest BCUT2D eigenvalue weighted by molar-refractivity contribution is 0.507. The average molecular weight is 253 g/mol. The first-order chi connectivity index (χ1) is 8.11. The molecule has 0 spiro atoms. The van der Waals surface area contributed by atoms with Crippen LogP contribution in [0, 0.1) is 0 Å². The van der Waals surface area contributed by atoms with Crippen molar-refractivity contribution in [2.24, 2.45) is 0 Å². The number of nitrogens with one attached hydrogen (secondary N) is 1. The summed E-state index contributed by atoms with van der Waals surface area (Å²) in [6.45, 7) is 1.88. The van der Waals surface area contributed by atoms with Gasteiger partial charge in [0.15, 0.2) is 0 Å². The summed E-state index contributed by atoms with van der Waals surface area (Å²) in [4.78, 5) is 0. The molecular weight excluding hydrogens is 234 g/mol. The number of fused-ring (bicyclic) bond motifs is 1. The lowest BCUT2D eigenvalue weighted by Gasteiger charge is -2.25. The zero-order valence-electron chi connectivity index (χ0n) is 10.1. The third-order valence-corrected chi connectivity index (χ3v) is 4.80. The van der Waals surface area contributed by atoms with Crippen LogP contribution in [0.2, 0.25) is 0 Å². The van der Waals surface area contributed by atoms with E-state index in [9.17, 15) is 8.42 Å². The minimum Gasteiger partial charge on any atom is -0.212 e. The summed E-state index contributed by atoms with van der Waals surface area (Å²) in [6.07, 6.45) is 3.35. The number of benzene rings is 1. The number of aryl methyl sites for hydroxylation is 1. The van der Waals surface area contributed by atoms with Gasteiger partial charge in [0.2, 0.25) is 10.0 Å². The molecule has 0 fully saturated rings. The van der Waals surface area contributed by atoms with Crippen LogP contribution in [0.1, 0.15) is 30.9 Å². The second kappa shape index (κ2) is 5.19. The van der Waals surface area contributed by atoms with Gasteiger partial charge in [-0.3, -0.25) is 0 Å². The molecule has 1 aliphatic carbocycles. The van der Waals surface area contributed by atoms with E-state index in [1.54, 1.807) is 0 Å². The molecule has 17 heavy (non-hydrogen) atoms. The molecule has 1 aromatic carbocycles. The molecule has 1 atom stereocenters. The molecule has 0 radical (unpaired) electrons. The van der Waals surface area contributed by atoms with Crippen LogP contribution >= 0.6 is 0 Å². The van der Waals surface area contributed by atoms with Crippen molar-refractivity contribution in [3.8, 4) is 0 Å². The Morgan fingerprint density at radius 3 is 2.71 bits per heavy atom.